The highest BCUT2D eigenvalue weighted by Gasteiger charge is 2.40. The van der Waals surface area contributed by atoms with Gasteiger partial charge in [0, 0.05) is 28.6 Å². The minimum atomic E-state index is -0.742. The van der Waals surface area contributed by atoms with E-state index < -0.39 is 11.5 Å². The molecule has 6 heteroatoms. The fourth-order valence-corrected chi connectivity index (χ4v) is 2.34. The van der Waals surface area contributed by atoms with Crippen LogP contribution in [0, 0.1) is 15.5 Å². The van der Waals surface area contributed by atoms with Gasteiger partial charge in [0.25, 0.3) is 0 Å². The van der Waals surface area contributed by atoms with Crippen LogP contribution in [-0.2, 0) is 11.2 Å². The summed E-state index contributed by atoms with van der Waals surface area (Å²) in [6.45, 7) is 3.61. The second-order valence-electron chi connectivity index (χ2n) is 5.26. The van der Waals surface area contributed by atoms with Crippen LogP contribution >= 0.6 is 0 Å². The lowest BCUT2D eigenvalue weighted by Gasteiger charge is -2.27. The number of Topliss-reactive ketones (excluding diaryl/α,β-unsaturated/α-hetero) is 1. The SMILES string of the molecule is CC(C)(CC(=O)[CH2][AlH2])C(Cc1ccc[nH]1)[N+](=O)[O-]. The number of carbonyl (C=O) groups excluding carboxylic acids is 1. The normalized spacial score (nSPS) is 13.2. The van der Waals surface area contributed by atoms with Crippen molar-refractivity contribution in [2.24, 2.45) is 5.41 Å². The third-order valence-electron chi connectivity index (χ3n) is 3.28. The predicted octanol–water partition coefficient (Wildman–Crippen LogP) is 1.24. The summed E-state index contributed by atoms with van der Waals surface area (Å²) in [6.07, 6.45) is 2.37. The van der Waals surface area contributed by atoms with Crippen LogP contribution in [0.4, 0.5) is 0 Å². The van der Waals surface area contributed by atoms with Crippen LogP contribution < -0.4 is 0 Å². The third kappa shape index (κ3) is 3.97. The van der Waals surface area contributed by atoms with Gasteiger partial charge in [0.1, 0.15) is 5.78 Å². The summed E-state index contributed by atoms with van der Waals surface area (Å²) in [5.41, 5.74) is 0.221. The maximum absolute atomic E-state index is 11.6. The van der Waals surface area contributed by atoms with E-state index in [2.05, 4.69) is 4.98 Å². The highest BCUT2D eigenvalue weighted by atomic mass is 27.0. The van der Waals surface area contributed by atoms with E-state index >= 15 is 0 Å². The molecule has 0 spiro atoms. The van der Waals surface area contributed by atoms with E-state index in [1.54, 1.807) is 20.0 Å². The molecule has 18 heavy (non-hydrogen) atoms. The van der Waals surface area contributed by atoms with Crippen LogP contribution in [0.5, 0.6) is 0 Å². The van der Waals surface area contributed by atoms with Gasteiger partial charge in [-0.1, -0.05) is 13.8 Å². The number of hydrogen-bond acceptors (Lipinski definition) is 3. The van der Waals surface area contributed by atoms with Gasteiger partial charge in [0.2, 0.25) is 22.3 Å². The van der Waals surface area contributed by atoms with Crippen LogP contribution in [0.3, 0.4) is 0 Å². The van der Waals surface area contributed by atoms with Crippen LogP contribution in [0.25, 0.3) is 0 Å². The predicted molar refractivity (Wildman–Crippen MR) is 72.0 cm³/mol. The summed E-state index contributed by atoms with van der Waals surface area (Å²) >= 11 is 0.815. The van der Waals surface area contributed by atoms with Crippen molar-refractivity contribution in [2.75, 3.05) is 0 Å². The van der Waals surface area contributed by atoms with Gasteiger partial charge in [-0.2, -0.15) is 0 Å². The Morgan fingerprint density at radius 2 is 2.28 bits per heavy atom. The summed E-state index contributed by atoms with van der Waals surface area (Å²) in [7, 11) is 0. The molecule has 0 bridgehead atoms. The molecule has 1 heterocycles. The number of nitro groups is 1. The molecular weight excluding hydrogens is 247 g/mol. The van der Waals surface area contributed by atoms with Crippen LogP contribution in [-0.4, -0.2) is 38.0 Å². The summed E-state index contributed by atoms with van der Waals surface area (Å²) in [4.78, 5) is 25.5. The van der Waals surface area contributed by atoms with Crippen LogP contribution in [0.1, 0.15) is 26.0 Å². The molecule has 1 N–H and O–H groups in total. The molecule has 0 saturated heterocycles. The van der Waals surface area contributed by atoms with Crippen molar-refractivity contribution in [2.45, 2.75) is 38.0 Å². The molecule has 1 aromatic heterocycles. The number of rotatable bonds is 7. The standard InChI is InChI=1S/C12H17N2O3.Al.2H/c1-9(15)8-12(2,3)11(14(16)17)7-10-5-4-6-13-10;;;/h4-6,11,13H,1,7-8H2,2-3H3;;;. The number of H-pyrrole nitrogens is 1. The summed E-state index contributed by atoms with van der Waals surface area (Å²) < 4.78 is 0. The molecule has 98 valence electrons. The first-order chi connectivity index (χ1) is 8.36. The molecule has 1 unspecified atom stereocenters. The lowest BCUT2D eigenvalue weighted by Crippen LogP contribution is -2.39. The van der Waals surface area contributed by atoms with Gasteiger partial charge in [-0.15, -0.1) is 0 Å². The van der Waals surface area contributed by atoms with E-state index in [9.17, 15) is 14.9 Å². The molecule has 0 amide bonds. The van der Waals surface area contributed by atoms with Gasteiger partial charge in [0.05, 0.1) is 6.42 Å². The number of nitrogens with zero attached hydrogens (tertiary/aromatic N) is 1. The highest BCUT2D eigenvalue weighted by Crippen LogP contribution is 2.30. The second kappa shape index (κ2) is 6.17. The molecule has 1 atom stereocenters. The van der Waals surface area contributed by atoms with E-state index in [0.29, 0.717) is 11.7 Å². The molecule has 0 saturated carbocycles. The average Bonchev–Trinajstić information content (AvgIpc) is 2.77. The third-order valence-corrected chi connectivity index (χ3v) is 4.07. The van der Waals surface area contributed by atoms with Crippen molar-refractivity contribution >= 4 is 22.1 Å². The largest absolute Gasteiger partial charge is 0.365 e. The number of aromatic nitrogens is 1. The Labute approximate surface area is 115 Å². The molecule has 0 fully saturated rings. The minimum Gasteiger partial charge on any atom is -0.365 e. The second-order valence-corrected chi connectivity index (χ2v) is 5.97. The van der Waals surface area contributed by atoms with Crippen molar-refractivity contribution in [3.8, 4) is 0 Å². The van der Waals surface area contributed by atoms with Crippen molar-refractivity contribution in [3.05, 3.63) is 34.1 Å². The monoisotopic (exact) mass is 266 g/mol. The first-order valence-corrected chi connectivity index (χ1v) is 7.55. The van der Waals surface area contributed by atoms with Crippen molar-refractivity contribution < 1.29 is 9.72 Å². The number of nitrogens with one attached hydrogen (secondary N) is 1. The van der Waals surface area contributed by atoms with E-state index in [0.717, 1.165) is 22.0 Å². The zero-order chi connectivity index (χ0) is 13.8. The van der Waals surface area contributed by atoms with Gasteiger partial charge in [-0.05, 0) is 17.4 Å². The Morgan fingerprint density at radius 1 is 1.61 bits per heavy atom. The minimum absolute atomic E-state index is 0.130. The maximum atomic E-state index is 11.6. The van der Waals surface area contributed by atoms with E-state index in [1.807, 2.05) is 12.1 Å². The van der Waals surface area contributed by atoms with Crippen molar-refractivity contribution in [1.29, 1.82) is 0 Å². The Morgan fingerprint density at radius 3 is 2.72 bits per heavy atom. The number of ketones is 1. The van der Waals surface area contributed by atoms with E-state index in [4.69, 9.17) is 0 Å². The average molecular weight is 266 g/mol. The van der Waals surface area contributed by atoms with Crippen molar-refractivity contribution in [1.82, 2.24) is 4.98 Å². The lowest BCUT2D eigenvalue weighted by atomic mass is 9.78. The molecule has 5 nitrogen and oxygen atoms in total. The summed E-state index contributed by atoms with van der Waals surface area (Å²) in [5.74, 6) is 0.130. The summed E-state index contributed by atoms with van der Waals surface area (Å²) in [6, 6.07) is 2.91. The molecule has 0 radical (unpaired) electrons. The summed E-state index contributed by atoms with van der Waals surface area (Å²) in [5, 5.41) is 11.8. The van der Waals surface area contributed by atoms with E-state index in [-0.39, 0.29) is 17.1 Å². The molecule has 0 aliphatic rings. The fraction of sp³-hybridized carbons (Fsp3) is 0.583. The highest BCUT2D eigenvalue weighted by molar-refractivity contribution is 6.20. The van der Waals surface area contributed by atoms with Gasteiger partial charge in [0.15, 0.2) is 0 Å². The van der Waals surface area contributed by atoms with Gasteiger partial charge < -0.3 is 9.78 Å². The Balaban J connectivity index is 2.83. The van der Waals surface area contributed by atoms with E-state index in [1.165, 1.54) is 0 Å². The fourth-order valence-electron chi connectivity index (χ4n) is 2.09. The number of aromatic amines is 1. The zero-order valence-corrected chi connectivity index (χ0v) is 13.1. The molecule has 0 aromatic carbocycles. The molecule has 0 aliphatic carbocycles. The quantitative estimate of drug-likeness (QED) is 0.458. The number of hydrogen-bond donors (Lipinski definition) is 1. The molecule has 1 aromatic rings. The zero-order valence-electron chi connectivity index (χ0n) is 11.1. The molecular formula is C12H19AlN2O3. The molecule has 1 rings (SSSR count). The smallest absolute Gasteiger partial charge is 0.223 e. The van der Waals surface area contributed by atoms with Gasteiger partial charge in [-0.25, -0.2) is 0 Å². The van der Waals surface area contributed by atoms with Gasteiger partial charge in [-0.3, -0.25) is 10.1 Å². The molecule has 0 aliphatic heterocycles. The Hall–Kier alpha value is -1.12. The van der Waals surface area contributed by atoms with Crippen LogP contribution in [0.15, 0.2) is 18.3 Å². The van der Waals surface area contributed by atoms with Crippen LogP contribution in [0.2, 0.25) is 5.28 Å². The number of carbonyl (C=O) groups is 1. The first-order valence-electron chi connectivity index (χ1n) is 6.14. The maximum Gasteiger partial charge on any atom is 0.223 e. The Bertz CT molecular complexity index is 415. The topological polar surface area (TPSA) is 76.0 Å². The Kier molecular flexibility index (Phi) is 5.12. The van der Waals surface area contributed by atoms with Gasteiger partial charge >= 0.3 is 0 Å². The first kappa shape index (κ1) is 14.9. The lowest BCUT2D eigenvalue weighted by molar-refractivity contribution is -0.540. The van der Waals surface area contributed by atoms with Crippen molar-refractivity contribution in [3.63, 3.8) is 0 Å².